The summed E-state index contributed by atoms with van der Waals surface area (Å²) in [6.45, 7) is 6.10. The maximum Gasteiger partial charge on any atom is 0.336 e. The second-order valence-electron chi connectivity index (χ2n) is 8.68. The van der Waals surface area contributed by atoms with Gasteiger partial charge in [0.1, 0.15) is 12.4 Å². The second-order valence-corrected chi connectivity index (χ2v) is 9.66. The molecule has 4 rings (SSSR count). The maximum atomic E-state index is 13.5. The van der Waals surface area contributed by atoms with Crippen LogP contribution in [0.2, 0.25) is 0 Å². The Kier molecular flexibility index (Phi) is 7.00. The van der Waals surface area contributed by atoms with Crippen molar-refractivity contribution in [3.63, 3.8) is 0 Å². The summed E-state index contributed by atoms with van der Waals surface area (Å²) in [6.07, 6.45) is 1.13. The number of esters is 1. The van der Waals surface area contributed by atoms with Gasteiger partial charge in [-0.1, -0.05) is 18.2 Å². The number of carbonyl (C=O) groups excluding carboxylic acids is 2. The van der Waals surface area contributed by atoms with Crippen molar-refractivity contribution in [2.75, 3.05) is 13.2 Å². The molecule has 6 nitrogen and oxygen atoms in total. The molecule has 0 fully saturated rings. The number of ether oxygens (including phenoxy) is 2. The minimum Gasteiger partial charge on any atom is -0.508 e. The van der Waals surface area contributed by atoms with Crippen LogP contribution in [0.4, 0.5) is 0 Å². The third-order valence-electron chi connectivity index (χ3n) is 5.96. The number of dihydropyridines is 1. The van der Waals surface area contributed by atoms with E-state index in [9.17, 15) is 14.7 Å². The zero-order chi connectivity index (χ0) is 23.5. The van der Waals surface area contributed by atoms with Gasteiger partial charge in [0.15, 0.2) is 5.78 Å². The molecule has 1 aliphatic heterocycles. The first kappa shape index (κ1) is 23.3. The molecular formula is C26H29NO5S. The number of Topliss-reactive ketones (excluding diaryl/α,β-unsaturated/α-hetero) is 1. The van der Waals surface area contributed by atoms with Crippen LogP contribution in [0, 0.1) is 0 Å². The van der Waals surface area contributed by atoms with Gasteiger partial charge in [0.2, 0.25) is 0 Å². The smallest absolute Gasteiger partial charge is 0.336 e. The van der Waals surface area contributed by atoms with E-state index < -0.39 is 11.9 Å². The van der Waals surface area contributed by atoms with Gasteiger partial charge >= 0.3 is 5.97 Å². The summed E-state index contributed by atoms with van der Waals surface area (Å²) in [4.78, 5) is 27.8. The topological polar surface area (TPSA) is 84.9 Å². The lowest BCUT2D eigenvalue weighted by Crippen LogP contribution is -2.36. The van der Waals surface area contributed by atoms with E-state index in [4.69, 9.17) is 9.47 Å². The zero-order valence-electron chi connectivity index (χ0n) is 19.1. The number of rotatable bonds is 7. The molecule has 2 aliphatic rings. The molecule has 7 heteroatoms. The third-order valence-corrected chi connectivity index (χ3v) is 7.00. The maximum absolute atomic E-state index is 13.5. The average Bonchev–Trinajstić information content (AvgIpc) is 3.30. The van der Waals surface area contributed by atoms with Crippen LogP contribution in [0.1, 0.15) is 55.9 Å². The van der Waals surface area contributed by atoms with Crippen LogP contribution in [0.15, 0.2) is 64.3 Å². The van der Waals surface area contributed by atoms with Gasteiger partial charge in [-0.25, -0.2) is 4.79 Å². The van der Waals surface area contributed by atoms with Gasteiger partial charge in [-0.2, -0.15) is 0 Å². The van der Waals surface area contributed by atoms with Crippen molar-refractivity contribution >= 4 is 23.1 Å². The first-order valence-electron chi connectivity index (χ1n) is 11.2. The predicted octanol–water partition coefficient (Wildman–Crippen LogP) is 4.78. The number of hydrogen-bond acceptors (Lipinski definition) is 7. The zero-order valence-corrected chi connectivity index (χ0v) is 19.9. The number of aromatic hydroxyl groups is 1. The number of nitrogens with one attached hydrogen (secondary N) is 1. The van der Waals surface area contributed by atoms with Crippen molar-refractivity contribution in [2.24, 2.45) is 0 Å². The van der Waals surface area contributed by atoms with Crippen molar-refractivity contribution in [3.05, 3.63) is 74.8 Å². The number of ketones is 1. The fourth-order valence-corrected chi connectivity index (χ4v) is 5.40. The van der Waals surface area contributed by atoms with Crippen LogP contribution in [-0.2, 0) is 19.1 Å². The molecule has 0 radical (unpaired) electrons. The molecule has 2 N–H and O–H groups in total. The van der Waals surface area contributed by atoms with Crippen molar-refractivity contribution in [3.8, 4) is 5.75 Å². The number of carbonyl (C=O) groups is 2. The molecule has 0 saturated heterocycles. The molecule has 0 spiro atoms. The summed E-state index contributed by atoms with van der Waals surface area (Å²) in [5.74, 6) is -0.868. The van der Waals surface area contributed by atoms with E-state index in [1.807, 2.05) is 38.3 Å². The Morgan fingerprint density at radius 1 is 1.21 bits per heavy atom. The lowest BCUT2D eigenvalue weighted by atomic mass is 9.72. The molecular weight excluding hydrogens is 438 g/mol. The van der Waals surface area contributed by atoms with E-state index in [0.29, 0.717) is 41.9 Å². The standard InChI is InChI=1S/C26H29NO5S/c1-15(2)31-9-10-32-26(30)23-16(3)27-20-13-18(22-8-5-11-33-22)14-21(29)25(20)24(23)17-6-4-7-19(28)12-17/h4-8,11-12,15,18,24,27-28H,9-10,13-14H2,1-3H3/t18-,24-/m0/s1. The molecule has 0 saturated carbocycles. The Hall–Kier alpha value is -2.90. The number of benzene rings is 1. The quantitative estimate of drug-likeness (QED) is 0.450. The van der Waals surface area contributed by atoms with Crippen molar-refractivity contribution in [1.29, 1.82) is 0 Å². The molecule has 1 aromatic heterocycles. The SMILES string of the molecule is CC1=C(C(=O)OCCOC(C)C)[C@H](c2cccc(O)c2)C2=C(C[C@H](c3cccs3)CC2=O)N1. The van der Waals surface area contributed by atoms with Gasteiger partial charge in [-0.3, -0.25) is 4.79 Å². The fourth-order valence-electron chi connectivity index (χ4n) is 4.57. The third kappa shape index (κ3) is 5.04. The molecule has 0 unspecified atom stereocenters. The van der Waals surface area contributed by atoms with Crippen LogP contribution >= 0.6 is 11.3 Å². The summed E-state index contributed by atoms with van der Waals surface area (Å²) in [5.41, 5.74) is 3.18. The summed E-state index contributed by atoms with van der Waals surface area (Å²) < 4.78 is 11.0. The number of hydrogen-bond donors (Lipinski definition) is 2. The predicted molar refractivity (Wildman–Crippen MR) is 127 cm³/mol. The minimum atomic E-state index is -0.594. The van der Waals surface area contributed by atoms with E-state index in [-0.39, 0.29) is 30.2 Å². The normalized spacial score (nSPS) is 20.7. The Balaban J connectivity index is 1.68. The lowest BCUT2D eigenvalue weighted by molar-refractivity contribution is -0.141. The van der Waals surface area contributed by atoms with Gasteiger partial charge in [-0.05, 0) is 56.3 Å². The highest BCUT2D eigenvalue weighted by Crippen LogP contribution is 2.46. The van der Waals surface area contributed by atoms with Gasteiger partial charge < -0.3 is 19.9 Å². The molecule has 0 amide bonds. The average molecular weight is 468 g/mol. The summed E-state index contributed by atoms with van der Waals surface area (Å²) >= 11 is 1.66. The Labute approximate surface area is 197 Å². The molecule has 0 bridgehead atoms. The van der Waals surface area contributed by atoms with E-state index in [1.54, 1.807) is 29.5 Å². The number of phenolic OH excluding ortho intramolecular Hbond substituents is 1. The van der Waals surface area contributed by atoms with E-state index in [1.165, 1.54) is 4.88 Å². The highest BCUT2D eigenvalue weighted by Gasteiger charge is 2.41. The number of phenols is 1. The van der Waals surface area contributed by atoms with Gasteiger partial charge in [0.05, 0.1) is 18.3 Å². The van der Waals surface area contributed by atoms with Gasteiger partial charge in [0.25, 0.3) is 0 Å². The Morgan fingerprint density at radius 2 is 2.03 bits per heavy atom. The molecule has 2 atom stereocenters. The van der Waals surface area contributed by atoms with E-state index >= 15 is 0 Å². The van der Waals surface area contributed by atoms with E-state index in [2.05, 4.69) is 11.4 Å². The van der Waals surface area contributed by atoms with Crippen molar-refractivity contribution < 1.29 is 24.2 Å². The number of allylic oxidation sites excluding steroid dienone is 3. The molecule has 1 aromatic carbocycles. The van der Waals surface area contributed by atoms with Crippen LogP contribution in [-0.4, -0.2) is 36.2 Å². The van der Waals surface area contributed by atoms with E-state index in [0.717, 1.165) is 5.70 Å². The Bertz CT molecular complexity index is 1100. The van der Waals surface area contributed by atoms with Crippen molar-refractivity contribution in [1.82, 2.24) is 5.32 Å². The number of thiophene rings is 1. The molecule has 33 heavy (non-hydrogen) atoms. The summed E-state index contributed by atoms with van der Waals surface area (Å²) in [5, 5.41) is 15.5. The molecule has 1 aliphatic carbocycles. The largest absolute Gasteiger partial charge is 0.508 e. The molecule has 174 valence electrons. The second kappa shape index (κ2) is 9.93. The fraction of sp³-hybridized carbons (Fsp3) is 0.385. The highest BCUT2D eigenvalue weighted by molar-refractivity contribution is 7.10. The molecule has 2 aromatic rings. The summed E-state index contributed by atoms with van der Waals surface area (Å²) in [6, 6.07) is 10.8. The summed E-state index contributed by atoms with van der Waals surface area (Å²) in [7, 11) is 0. The first-order valence-corrected chi connectivity index (χ1v) is 12.1. The van der Waals surface area contributed by atoms with Crippen LogP contribution in [0.3, 0.4) is 0 Å². The molecule has 2 heterocycles. The lowest BCUT2D eigenvalue weighted by Gasteiger charge is -2.36. The first-order chi connectivity index (χ1) is 15.8. The highest BCUT2D eigenvalue weighted by atomic mass is 32.1. The minimum absolute atomic E-state index is 0.0106. The van der Waals surface area contributed by atoms with Crippen molar-refractivity contribution in [2.45, 2.75) is 51.6 Å². The van der Waals surface area contributed by atoms with Gasteiger partial charge in [-0.15, -0.1) is 11.3 Å². The van der Waals surface area contributed by atoms with Crippen LogP contribution in [0.5, 0.6) is 5.75 Å². The van der Waals surface area contributed by atoms with Gasteiger partial charge in [0, 0.05) is 40.1 Å². The van der Waals surface area contributed by atoms with Crippen LogP contribution < -0.4 is 5.32 Å². The Morgan fingerprint density at radius 3 is 2.73 bits per heavy atom. The monoisotopic (exact) mass is 467 g/mol. The van der Waals surface area contributed by atoms with Crippen LogP contribution in [0.25, 0.3) is 0 Å².